The van der Waals surface area contributed by atoms with Gasteiger partial charge in [0.05, 0.1) is 12.0 Å². The number of hydrogen-bond donors (Lipinski definition) is 0. The van der Waals surface area contributed by atoms with Gasteiger partial charge in [0.15, 0.2) is 0 Å². The lowest BCUT2D eigenvalue weighted by Gasteiger charge is -2.40. The number of benzene rings is 2. The molecule has 3 aromatic rings. The number of nitro groups is 1. The van der Waals surface area contributed by atoms with E-state index < -0.39 is 4.92 Å². The minimum atomic E-state index is -0.501. The fraction of sp³-hybridized carbons (Fsp3) is 0.261. The summed E-state index contributed by atoms with van der Waals surface area (Å²) in [4.78, 5) is 35.8. The van der Waals surface area contributed by atoms with Crippen LogP contribution in [0.4, 0.5) is 11.5 Å². The quantitative estimate of drug-likeness (QED) is 0.415. The molecule has 2 aromatic carbocycles. The van der Waals surface area contributed by atoms with E-state index in [0.29, 0.717) is 42.6 Å². The first kappa shape index (κ1) is 22.0. The van der Waals surface area contributed by atoms with Crippen molar-refractivity contribution in [2.45, 2.75) is 13.0 Å². The molecule has 0 radical (unpaired) electrons. The van der Waals surface area contributed by atoms with E-state index in [1.807, 2.05) is 6.92 Å². The third-order valence-corrected chi connectivity index (χ3v) is 5.43. The number of hydrogen-bond acceptors (Lipinski definition) is 8. The summed E-state index contributed by atoms with van der Waals surface area (Å²) in [6.07, 6.45) is 1.44. The number of ether oxygens (including phenoxy) is 2. The molecule has 0 aliphatic carbocycles. The number of nitrogens with zero attached hydrogens (tertiary/aromatic N) is 5. The van der Waals surface area contributed by atoms with E-state index >= 15 is 0 Å². The van der Waals surface area contributed by atoms with Crippen molar-refractivity contribution in [1.82, 2.24) is 14.9 Å². The molecule has 1 atom stereocenters. The lowest BCUT2D eigenvalue weighted by molar-refractivity contribution is -0.384. The molecule has 170 valence electrons. The second-order valence-electron chi connectivity index (χ2n) is 7.59. The summed E-state index contributed by atoms with van der Waals surface area (Å²) in [5, 5.41) is 11.0. The monoisotopic (exact) mass is 449 g/mol. The van der Waals surface area contributed by atoms with Gasteiger partial charge in [0.2, 0.25) is 5.88 Å². The standard InChI is InChI=1S/C23H23N5O5/c1-16-14-26(10-11-27(16)23(29)17-4-3-5-18(12-17)28(30)31)21-13-22(25-15-24-21)33-20-8-6-19(32-2)7-9-20/h3-9,12-13,15-16H,10-11,14H2,1-2H3/t16-/m0/s1. The van der Waals surface area contributed by atoms with Crippen molar-refractivity contribution >= 4 is 17.4 Å². The molecule has 33 heavy (non-hydrogen) atoms. The van der Waals surface area contributed by atoms with E-state index in [4.69, 9.17) is 9.47 Å². The molecule has 1 aromatic heterocycles. The average Bonchev–Trinajstić information content (AvgIpc) is 2.84. The van der Waals surface area contributed by atoms with E-state index in [2.05, 4.69) is 14.9 Å². The molecule has 10 heteroatoms. The maximum absolute atomic E-state index is 13.0. The lowest BCUT2D eigenvalue weighted by Crippen LogP contribution is -2.54. The summed E-state index contributed by atoms with van der Waals surface area (Å²) in [7, 11) is 1.60. The van der Waals surface area contributed by atoms with Crippen LogP contribution < -0.4 is 14.4 Å². The van der Waals surface area contributed by atoms with Crippen molar-refractivity contribution < 1.29 is 19.2 Å². The van der Waals surface area contributed by atoms with Crippen LogP contribution in [-0.4, -0.2) is 58.5 Å². The predicted molar refractivity (Wildman–Crippen MR) is 121 cm³/mol. The van der Waals surface area contributed by atoms with Gasteiger partial charge in [-0.25, -0.2) is 9.97 Å². The highest BCUT2D eigenvalue weighted by Crippen LogP contribution is 2.26. The number of aromatic nitrogens is 2. The molecule has 1 aliphatic heterocycles. The Labute approximate surface area is 190 Å². The zero-order chi connectivity index (χ0) is 23.4. The number of carbonyl (C=O) groups is 1. The number of nitro benzene ring substituents is 1. The van der Waals surface area contributed by atoms with Gasteiger partial charge in [0.1, 0.15) is 23.6 Å². The second-order valence-corrected chi connectivity index (χ2v) is 7.59. The number of rotatable bonds is 6. The van der Waals surface area contributed by atoms with Gasteiger partial charge < -0.3 is 19.3 Å². The highest BCUT2D eigenvalue weighted by Gasteiger charge is 2.29. The van der Waals surface area contributed by atoms with Crippen molar-refractivity contribution in [3.63, 3.8) is 0 Å². The van der Waals surface area contributed by atoms with Gasteiger partial charge in [0, 0.05) is 49.4 Å². The van der Waals surface area contributed by atoms with Crippen molar-refractivity contribution in [3.8, 4) is 17.4 Å². The minimum absolute atomic E-state index is 0.0995. The van der Waals surface area contributed by atoms with E-state index in [1.54, 1.807) is 48.4 Å². The van der Waals surface area contributed by atoms with Crippen LogP contribution in [-0.2, 0) is 0 Å². The van der Waals surface area contributed by atoms with Gasteiger partial charge in [0.25, 0.3) is 11.6 Å². The SMILES string of the molecule is COc1ccc(Oc2cc(N3CCN(C(=O)c4cccc([N+](=O)[O-])c4)[C@@H](C)C3)ncn2)cc1. The maximum atomic E-state index is 13.0. The molecule has 0 bridgehead atoms. The first-order valence-electron chi connectivity index (χ1n) is 10.4. The Morgan fingerprint density at radius 1 is 1.09 bits per heavy atom. The maximum Gasteiger partial charge on any atom is 0.270 e. The molecule has 0 spiro atoms. The molecule has 0 N–H and O–H groups in total. The lowest BCUT2D eigenvalue weighted by atomic mass is 10.1. The van der Waals surface area contributed by atoms with Crippen LogP contribution in [0.5, 0.6) is 17.4 Å². The highest BCUT2D eigenvalue weighted by atomic mass is 16.6. The van der Waals surface area contributed by atoms with Gasteiger partial charge in [-0.3, -0.25) is 14.9 Å². The summed E-state index contributed by atoms with van der Waals surface area (Å²) in [6, 6.07) is 14.6. The molecule has 1 amide bonds. The Hall–Kier alpha value is -4.21. The molecule has 1 aliphatic rings. The zero-order valence-electron chi connectivity index (χ0n) is 18.2. The minimum Gasteiger partial charge on any atom is -0.497 e. The van der Waals surface area contributed by atoms with Crippen LogP contribution in [0.1, 0.15) is 17.3 Å². The summed E-state index contributed by atoms with van der Waals surface area (Å²) in [6.45, 7) is 3.52. The number of anilines is 1. The number of carbonyl (C=O) groups excluding carboxylic acids is 1. The van der Waals surface area contributed by atoms with Crippen LogP contribution in [0.25, 0.3) is 0 Å². The Bertz CT molecular complexity index is 1150. The van der Waals surface area contributed by atoms with E-state index in [9.17, 15) is 14.9 Å². The third-order valence-electron chi connectivity index (χ3n) is 5.43. The number of piperazine rings is 1. The molecule has 1 saturated heterocycles. The second kappa shape index (κ2) is 9.51. The Morgan fingerprint density at radius 2 is 1.85 bits per heavy atom. The Morgan fingerprint density at radius 3 is 2.55 bits per heavy atom. The van der Waals surface area contributed by atoms with Crippen molar-refractivity contribution in [2.24, 2.45) is 0 Å². The third kappa shape index (κ3) is 5.00. The molecule has 10 nitrogen and oxygen atoms in total. The zero-order valence-corrected chi connectivity index (χ0v) is 18.2. The Balaban J connectivity index is 1.43. The van der Waals surface area contributed by atoms with E-state index in [0.717, 1.165) is 5.75 Å². The fourth-order valence-electron chi connectivity index (χ4n) is 3.71. The van der Waals surface area contributed by atoms with Gasteiger partial charge in [-0.15, -0.1) is 0 Å². The molecule has 0 unspecified atom stereocenters. The van der Waals surface area contributed by atoms with E-state index in [-0.39, 0.29) is 17.6 Å². The molecule has 4 rings (SSSR count). The largest absolute Gasteiger partial charge is 0.497 e. The smallest absolute Gasteiger partial charge is 0.270 e. The Kier molecular flexibility index (Phi) is 6.34. The van der Waals surface area contributed by atoms with Crippen molar-refractivity contribution in [3.05, 3.63) is 76.6 Å². The first-order valence-corrected chi connectivity index (χ1v) is 10.4. The molecule has 2 heterocycles. The average molecular weight is 449 g/mol. The normalized spacial score (nSPS) is 15.8. The van der Waals surface area contributed by atoms with Crippen LogP contribution in [0.3, 0.4) is 0 Å². The molecule has 0 saturated carbocycles. The fourth-order valence-corrected chi connectivity index (χ4v) is 3.71. The molecular weight excluding hydrogens is 426 g/mol. The number of non-ortho nitro benzene ring substituents is 1. The van der Waals surface area contributed by atoms with Gasteiger partial charge >= 0.3 is 0 Å². The predicted octanol–water partition coefficient (Wildman–Crippen LogP) is 3.54. The van der Waals surface area contributed by atoms with E-state index in [1.165, 1.54) is 24.5 Å². The van der Waals surface area contributed by atoms with Crippen LogP contribution >= 0.6 is 0 Å². The number of methoxy groups -OCH3 is 1. The van der Waals surface area contributed by atoms with Gasteiger partial charge in [-0.1, -0.05) is 6.07 Å². The van der Waals surface area contributed by atoms with Crippen LogP contribution in [0.15, 0.2) is 60.9 Å². The van der Waals surface area contributed by atoms with Crippen molar-refractivity contribution in [1.29, 1.82) is 0 Å². The summed E-state index contributed by atoms with van der Waals surface area (Å²) in [5.74, 6) is 2.24. The highest BCUT2D eigenvalue weighted by molar-refractivity contribution is 5.95. The topological polar surface area (TPSA) is 111 Å². The summed E-state index contributed by atoms with van der Waals surface area (Å²) < 4.78 is 11.0. The summed E-state index contributed by atoms with van der Waals surface area (Å²) in [5.41, 5.74) is 0.208. The number of amides is 1. The van der Waals surface area contributed by atoms with Gasteiger partial charge in [-0.05, 0) is 37.3 Å². The van der Waals surface area contributed by atoms with Crippen molar-refractivity contribution in [2.75, 3.05) is 31.6 Å². The molecular formula is C23H23N5O5. The van der Waals surface area contributed by atoms with Crippen LogP contribution in [0.2, 0.25) is 0 Å². The summed E-state index contributed by atoms with van der Waals surface area (Å²) >= 11 is 0. The van der Waals surface area contributed by atoms with Gasteiger partial charge in [-0.2, -0.15) is 0 Å². The van der Waals surface area contributed by atoms with Crippen LogP contribution in [0, 0.1) is 10.1 Å². The first-order chi connectivity index (χ1) is 15.9. The molecule has 1 fully saturated rings.